The van der Waals surface area contributed by atoms with Crippen molar-refractivity contribution in [1.82, 2.24) is 5.32 Å². The van der Waals surface area contributed by atoms with Crippen molar-refractivity contribution in [2.24, 2.45) is 0 Å². The lowest BCUT2D eigenvalue weighted by Crippen LogP contribution is -2.27. The van der Waals surface area contributed by atoms with E-state index in [1.165, 1.54) is 11.8 Å². The topological polar surface area (TPSA) is 148 Å². The third kappa shape index (κ3) is 18.9. The van der Waals surface area contributed by atoms with Gasteiger partial charge in [0.1, 0.15) is 0 Å². The number of Topliss-reactive ketones (excluding diaryl/α,β-unsaturated/α-hetero) is 1. The van der Waals surface area contributed by atoms with Gasteiger partial charge in [-0.1, -0.05) is 0 Å². The second-order valence-electron chi connectivity index (χ2n) is 5.17. The van der Waals surface area contributed by atoms with Gasteiger partial charge in [0, 0.05) is 30.9 Å². The molecule has 0 aliphatic heterocycles. The minimum atomic E-state index is -1.46. The third-order valence-corrected chi connectivity index (χ3v) is 3.94. The summed E-state index contributed by atoms with van der Waals surface area (Å²) in [6.07, 6.45) is 0.273. The van der Waals surface area contributed by atoms with Gasteiger partial charge in [0.2, 0.25) is 11.7 Å². The predicted octanol–water partition coefficient (Wildman–Crippen LogP) is -0.206. The summed E-state index contributed by atoms with van der Waals surface area (Å²) in [4.78, 5) is 42.8. The molecule has 3 N–H and O–H groups in total. The van der Waals surface area contributed by atoms with E-state index in [9.17, 15) is 19.2 Å². The summed E-state index contributed by atoms with van der Waals surface area (Å²) < 4.78 is 15.6. The Bertz CT molecular complexity index is 459. The monoisotopic (exact) mass is 409 g/mol. The number of aliphatic carboxylic acids is 2. The van der Waals surface area contributed by atoms with Gasteiger partial charge >= 0.3 is 11.9 Å². The van der Waals surface area contributed by atoms with Crippen molar-refractivity contribution < 1.29 is 43.6 Å². The van der Waals surface area contributed by atoms with Crippen molar-refractivity contribution in [3.05, 3.63) is 0 Å². The average Bonchev–Trinajstić information content (AvgIpc) is 2.61. The first-order chi connectivity index (χ1) is 12.9. The first kappa shape index (κ1) is 25.3. The maximum Gasteiger partial charge on any atom is 0.372 e. The highest BCUT2D eigenvalue weighted by Gasteiger charge is 2.10. The van der Waals surface area contributed by atoms with E-state index in [1.807, 2.05) is 0 Å². The molecule has 0 unspecified atom stereocenters. The smallest absolute Gasteiger partial charge is 0.372 e. The summed E-state index contributed by atoms with van der Waals surface area (Å²) in [5.41, 5.74) is 0. The van der Waals surface area contributed by atoms with Crippen LogP contribution in [0.4, 0.5) is 0 Å². The number of ketones is 1. The first-order valence-corrected chi connectivity index (χ1v) is 9.64. The number of carbonyl (C=O) groups excluding carboxylic acids is 2. The summed E-state index contributed by atoms with van der Waals surface area (Å²) in [5, 5.41) is 19.5. The maximum atomic E-state index is 11.5. The molecular weight excluding hydrogens is 382 g/mol. The lowest BCUT2D eigenvalue weighted by molar-refractivity contribution is -0.149. The van der Waals surface area contributed by atoms with E-state index < -0.39 is 17.7 Å². The van der Waals surface area contributed by atoms with Gasteiger partial charge in [0.15, 0.2) is 0 Å². The third-order valence-electron chi connectivity index (χ3n) is 2.96. The van der Waals surface area contributed by atoms with Gasteiger partial charge in [-0.15, -0.1) is 0 Å². The van der Waals surface area contributed by atoms with Crippen LogP contribution in [0.1, 0.15) is 19.3 Å². The molecule has 0 aromatic carbocycles. The molecule has 0 heterocycles. The largest absolute Gasteiger partial charge is 0.481 e. The van der Waals surface area contributed by atoms with Crippen molar-refractivity contribution >= 4 is 35.4 Å². The van der Waals surface area contributed by atoms with Gasteiger partial charge in [-0.25, -0.2) is 4.79 Å². The number of nitrogens with one attached hydrogen (secondary N) is 1. The van der Waals surface area contributed by atoms with Crippen LogP contribution in [0.3, 0.4) is 0 Å². The summed E-state index contributed by atoms with van der Waals surface area (Å²) in [5.74, 6) is -2.20. The molecule has 0 atom stereocenters. The van der Waals surface area contributed by atoms with Crippen LogP contribution in [0, 0.1) is 0 Å². The van der Waals surface area contributed by atoms with Gasteiger partial charge in [-0.05, 0) is 0 Å². The molecule has 156 valence electrons. The molecule has 0 aliphatic rings. The Hall–Kier alpha value is -1.69. The Labute approximate surface area is 161 Å². The number of ether oxygens (including phenoxy) is 3. The van der Waals surface area contributed by atoms with Crippen LogP contribution in [0.15, 0.2) is 0 Å². The van der Waals surface area contributed by atoms with Gasteiger partial charge in [0.25, 0.3) is 0 Å². The van der Waals surface area contributed by atoms with Crippen molar-refractivity contribution in [3.8, 4) is 0 Å². The number of carboxylic acids is 2. The molecule has 10 nitrogen and oxygen atoms in total. The van der Waals surface area contributed by atoms with Crippen LogP contribution in [0.2, 0.25) is 0 Å². The Balaban J connectivity index is 3.24. The van der Waals surface area contributed by atoms with Gasteiger partial charge in [-0.2, -0.15) is 11.8 Å². The Morgan fingerprint density at radius 3 is 1.89 bits per heavy atom. The summed E-state index contributed by atoms with van der Waals surface area (Å²) in [6, 6.07) is 0. The number of amides is 1. The first-order valence-electron chi connectivity index (χ1n) is 8.49. The number of hydrogen-bond donors (Lipinski definition) is 3. The minimum Gasteiger partial charge on any atom is -0.481 e. The molecule has 0 radical (unpaired) electrons. The maximum absolute atomic E-state index is 11.5. The number of hydrogen-bond acceptors (Lipinski definition) is 8. The number of carboxylic acid groups (broad SMARTS) is 2. The van der Waals surface area contributed by atoms with Gasteiger partial charge in [0.05, 0.1) is 46.1 Å². The molecule has 0 spiro atoms. The fraction of sp³-hybridized carbons (Fsp3) is 0.750. The average molecular weight is 409 g/mol. The summed E-state index contributed by atoms with van der Waals surface area (Å²) >= 11 is 1.43. The second-order valence-corrected chi connectivity index (χ2v) is 6.40. The van der Waals surface area contributed by atoms with Crippen LogP contribution in [0.25, 0.3) is 0 Å². The lowest BCUT2D eigenvalue weighted by atomic mass is 10.3. The number of rotatable bonds is 19. The molecule has 0 fully saturated rings. The molecule has 0 aromatic heterocycles. The van der Waals surface area contributed by atoms with E-state index >= 15 is 0 Å². The van der Waals surface area contributed by atoms with Gasteiger partial charge < -0.3 is 29.7 Å². The molecule has 0 saturated carbocycles. The van der Waals surface area contributed by atoms with E-state index in [2.05, 4.69) is 5.32 Å². The highest BCUT2D eigenvalue weighted by atomic mass is 32.2. The SMILES string of the molecule is O=C(O)CCSCCC(=O)NCCOCCOCCOCCC(=O)C(=O)O. The summed E-state index contributed by atoms with van der Waals surface area (Å²) in [6.45, 7) is 2.06. The molecule has 11 heteroatoms. The molecule has 0 saturated heterocycles. The number of thioether (sulfide) groups is 1. The van der Waals surface area contributed by atoms with Crippen LogP contribution < -0.4 is 5.32 Å². The van der Waals surface area contributed by atoms with Crippen LogP contribution in [-0.4, -0.2) is 91.5 Å². The van der Waals surface area contributed by atoms with Crippen LogP contribution in [-0.2, 0) is 33.4 Å². The fourth-order valence-corrected chi connectivity index (χ4v) is 2.44. The van der Waals surface area contributed by atoms with Gasteiger partial charge in [-0.3, -0.25) is 14.4 Å². The molecule has 1 amide bonds. The fourth-order valence-electron chi connectivity index (χ4n) is 1.59. The summed E-state index contributed by atoms with van der Waals surface area (Å²) in [7, 11) is 0. The van der Waals surface area contributed by atoms with Crippen molar-refractivity contribution in [2.45, 2.75) is 19.3 Å². The highest BCUT2D eigenvalue weighted by molar-refractivity contribution is 7.99. The zero-order valence-electron chi connectivity index (χ0n) is 15.1. The quantitative estimate of drug-likeness (QED) is 0.193. The Morgan fingerprint density at radius 1 is 0.741 bits per heavy atom. The van der Waals surface area contributed by atoms with E-state index in [0.717, 1.165) is 0 Å². The molecule has 0 aromatic rings. The molecule has 0 aliphatic carbocycles. The van der Waals surface area contributed by atoms with E-state index in [-0.39, 0.29) is 32.0 Å². The van der Waals surface area contributed by atoms with Crippen molar-refractivity contribution in [2.75, 3.05) is 57.7 Å². The molecule has 27 heavy (non-hydrogen) atoms. The minimum absolute atomic E-state index is 0.0444. The zero-order valence-corrected chi connectivity index (χ0v) is 16.0. The number of carbonyl (C=O) groups is 4. The van der Waals surface area contributed by atoms with Crippen LogP contribution >= 0.6 is 11.8 Å². The van der Waals surface area contributed by atoms with E-state index in [0.29, 0.717) is 50.9 Å². The van der Waals surface area contributed by atoms with Crippen molar-refractivity contribution in [3.63, 3.8) is 0 Å². The van der Waals surface area contributed by atoms with Crippen LogP contribution in [0.5, 0.6) is 0 Å². The highest BCUT2D eigenvalue weighted by Crippen LogP contribution is 2.04. The van der Waals surface area contributed by atoms with E-state index in [4.69, 9.17) is 24.4 Å². The second kappa shape index (κ2) is 17.7. The normalized spacial score (nSPS) is 10.5. The zero-order chi connectivity index (χ0) is 20.3. The Kier molecular flexibility index (Phi) is 16.6. The molecule has 0 rings (SSSR count). The van der Waals surface area contributed by atoms with Crippen molar-refractivity contribution in [1.29, 1.82) is 0 Å². The van der Waals surface area contributed by atoms with E-state index in [1.54, 1.807) is 0 Å². The predicted molar refractivity (Wildman–Crippen MR) is 96.9 cm³/mol. The molecule has 0 bridgehead atoms. The lowest BCUT2D eigenvalue weighted by Gasteiger charge is -2.07. The standard InChI is InChI=1S/C16H27NO9S/c18-13(16(22)23)1-5-24-7-9-26-10-8-25-6-4-17-14(19)2-11-27-12-3-15(20)21/h1-12H2,(H,17,19)(H,20,21)(H,22,23). The Morgan fingerprint density at radius 2 is 1.30 bits per heavy atom. The molecular formula is C16H27NO9S.